The molecule has 0 saturated heterocycles. The van der Waals surface area contributed by atoms with Crippen LogP contribution in [0.1, 0.15) is 28.4 Å². The maximum Gasteiger partial charge on any atom is 0.256 e. The fourth-order valence-corrected chi connectivity index (χ4v) is 3.42. The second-order valence-electron chi connectivity index (χ2n) is 7.28. The van der Waals surface area contributed by atoms with E-state index in [1.807, 2.05) is 86.6 Å². The minimum atomic E-state index is -0.149. The number of para-hydroxylation sites is 1. The van der Waals surface area contributed by atoms with Gasteiger partial charge in [0.2, 0.25) is 0 Å². The first-order chi connectivity index (χ1) is 14.5. The van der Waals surface area contributed by atoms with E-state index in [1.165, 1.54) is 5.56 Å². The number of carbonyl (C=O) groups is 1. The highest BCUT2D eigenvalue weighted by Crippen LogP contribution is 2.27. The average Bonchev–Trinajstić information content (AvgIpc) is 2.76. The number of amides is 1. The van der Waals surface area contributed by atoms with Gasteiger partial charge in [-0.1, -0.05) is 24.3 Å². The van der Waals surface area contributed by atoms with Crippen molar-refractivity contribution in [2.24, 2.45) is 0 Å². The number of rotatable bonds is 5. The smallest absolute Gasteiger partial charge is 0.256 e. The highest BCUT2D eigenvalue weighted by molar-refractivity contribution is 6.13. The van der Waals surface area contributed by atoms with E-state index in [0.717, 1.165) is 39.2 Å². The summed E-state index contributed by atoms with van der Waals surface area (Å²) in [7, 11) is 0. The van der Waals surface area contributed by atoms with Crippen molar-refractivity contribution in [1.82, 2.24) is 4.98 Å². The largest absolute Gasteiger partial charge is 0.494 e. The Labute approximate surface area is 176 Å². The molecule has 30 heavy (non-hydrogen) atoms. The Bertz CT molecular complexity index is 1210. The summed E-state index contributed by atoms with van der Waals surface area (Å²) in [4.78, 5) is 18.0. The van der Waals surface area contributed by atoms with E-state index in [1.54, 1.807) is 0 Å². The molecule has 0 radical (unpaired) electrons. The van der Waals surface area contributed by atoms with Crippen molar-refractivity contribution in [1.29, 1.82) is 0 Å². The number of aryl methyl sites for hydroxylation is 2. The molecule has 3 aromatic carbocycles. The minimum absolute atomic E-state index is 0.149. The number of nitrogens with zero attached hydrogens (tertiary/aromatic N) is 1. The summed E-state index contributed by atoms with van der Waals surface area (Å²) in [6.45, 7) is 6.67. The number of benzene rings is 3. The van der Waals surface area contributed by atoms with Gasteiger partial charge >= 0.3 is 0 Å². The number of anilines is 1. The molecule has 0 saturated carbocycles. The first-order valence-corrected chi connectivity index (χ1v) is 10.1. The molecule has 0 aliphatic rings. The highest BCUT2D eigenvalue weighted by atomic mass is 16.5. The monoisotopic (exact) mass is 396 g/mol. The van der Waals surface area contributed by atoms with E-state index in [4.69, 9.17) is 9.72 Å². The predicted octanol–water partition coefficient (Wildman–Crippen LogP) is 6.17. The molecule has 0 spiro atoms. The zero-order valence-electron chi connectivity index (χ0n) is 17.4. The molecule has 0 atom stereocenters. The SMILES string of the molecule is CCOc1ccc(-c2cc(C(=O)Nc3ccc(C)c(C)c3)c3ccccc3n2)cc1. The normalized spacial score (nSPS) is 10.8. The maximum absolute atomic E-state index is 13.2. The van der Waals surface area contributed by atoms with Gasteiger partial charge < -0.3 is 10.1 Å². The van der Waals surface area contributed by atoms with Crippen molar-refractivity contribution in [3.05, 3.63) is 89.5 Å². The summed E-state index contributed by atoms with van der Waals surface area (Å²) in [6, 6.07) is 23.3. The van der Waals surface area contributed by atoms with Crippen molar-refractivity contribution in [3.63, 3.8) is 0 Å². The lowest BCUT2D eigenvalue weighted by Crippen LogP contribution is -2.13. The standard InChI is InChI=1S/C26H24N2O2/c1-4-30-21-13-10-19(11-14-21)25-16-23(22-7-5-6-8-24(22)28-25)26(29)27-20-12-9-17(2)18(3)15-20/h5-16H,4H2,1-3H3,(H,27,29). The molecular weight excluding hydrogens is 372 g/mol. The second kappa shape index (κ2) is 8.37. The molecule has 1 heterocycles. The number of ether oxygens (including phenoxy) is 1. The van der Waals surface area contributed by atoms with Crippen LogP contribution >= 0.6 is 0 Å². The highest BCUT2D eigenvalue weighted by Gasteiger charge is 2.14. The summed E-state index contributed by atoms with van der Waals surface area (Å²) >= 11 is 0. The van der Waals surface area contributed by atoms with E-state index in [-0.39, 0.29) is 5.91 Å². The predicted molar refractivity (Wildman–Crippen MR) is 122 cm³/mol. The molecule has 0 unspecified atom stereocenters. The van der Waals surface area contributed by atoms with E-state index in [0.29, 0.717) is 12.2 Å². The van der Waals surface area contributed by atoms with Gasteiger partial charge in [-0.2, -0.15) is 0 Å². The van der Waals surface area contributed by atoms with E-state index >= 15 is 0 Å². The fraction of sp³-hybridized carbons (Fsp3) is 0.154. The molecule has 0 aliphatic heterocycles. The van der Waals surface area contributed by atoms with Crippen molar-refractivity contribution < 1.29 is 9.53 Å². The molecule has 1 amide bonds. The van der Waals surface area contributed by atoms with Crippen LogP contribution < -0.4 is 10.1 Å². The lowest BCUT2D eigenvalue weighted by molar-refractivity contribution is 0.102. The third-order valence-corrected chi connectivity index (χ3v) is 5.19. The Morgan fingerprint density at radius 1 is 0.933 bits per heavy atom. The number of aromatic nitrogens is 1. The van der Waals surface area contributed by atoms with Crippen LogP contribution in [0.2, 0.25) is 0 Å². The third-order valence-electron chi connectivity index (χ3n) is 5.19. The topological polar surface area (TPSA) is 51.2 Å². The van der Waals surface area contributed by atoms with Crippen molar-refractivity contribution >= 4 is 22.5 Å². The molecule has 150 valence electrons. The van der Waals surface area contributed by atoms with Gasteiger partial charge in [-0.25, -0.2) is 4.98 Å². The number of carbonyl (C=O) groups excluding carboxylic acids is 1. The minimum Gasteiger partial charge on any atom is -0.494 e. The summed E-state index contributed by atoms with van der Waals surface area (Å²) in [5.74, 6) is 0.666. The van der Waals surface area contributed by atoms with Crippen molar-refractivity contribution in [3.8, 4) is 17.0 Å². The van der Waals surface area contributed by atoms with Crippen LogP contribution in [0.4, 0.5) is 5.69 Å². The maximum atomic E-state index is 13.2. The molecule has 0 bridgehead atoms. The van der Waals surface area contributed by atoms with Crippen molar-refractivity contribution in [2.45, 2.75) is 20.8 Å². The molecule has 4 heteroatoms. The summed E-state index contributed by atoms with van der Waals surface area (Å²) in [6.07, 6.45) is 0. The van der Waals surface area contributed by atoms with E-state index in [2.05, 4.69) is 12.2 Å². The summed E-state index contributed by atoms with van der Waals surface area (Å²) < 4.78 is 5.53. The number of hydrogen-bond donors (Lipinski definition) is 1. The van der Waals surface area contributed by atoms with Gasteiger partial charge in [0.25, 0.3) is 5.91 Å². The van der Waals surface area contributed by atoms with Gasteiger partial charge in [0.1, 0.15) is 5.75 Å². The zero-order valence-corrected chi connectivity index (χ0v) is 17.4. The molecule has 1 N–H and O–H groups in total. The number of fused-ring (bicyclic) bond motifs is 1. The van der Waals surface area contributed by atoms with E-state index in [9.17, 15) is 4.79 Å². The quantitative estimate of drug-likeness (QED) is 0.439. The molecular formula is C26H24N2O2. The zero-order chi connectivity index (χ0) is 21.1. The van der Waals surface area contributed by atoms with Crippen LogP contribution in [0.15, 0.2) is 72.8 Å². The summed E-state index contributed by atoms with van der Waals surface area (Å²) in [5, 5.41) is 3.86. The van der Waals surface area contributed by atoms with Gasteiger partial charge in [0.15, 0.2) is 0 Å². The Morgan fingerprint density at radius 3 is 2.43 bits per heavy atom. The first kappa shape index (κ1) is 19.6. The third kappa shape index (κ3) is 4.03. The molecule has 4 rings (SSSR count). The van der Waals surface area contributed by atoms with Gasteiger partial charge in [0.05, 0.1) is 23.4 Å². The number of nitrogens with one attached hydrogen (secondary N) is 1. The van der Waals surface area contributed by atoms with Crippen LogP contribution in [0.5, 0.6) is 5.75 Å². The van der Waals surface area contributed by atoms with Crippen LogP contribution in [0, 0.1) is 13.8 Å². The Morgan fingerprint density at radius 2 is 1.70 bits per heavy atom. The van der Waals surface area contributed by atoms with Crippen LogP contribution in [0.3, 0.4) is 0 Å². The van der Waals surface area contributed by atoms with E-state index < -0.39 is 0 Å². The average molecular weight is 396 g/mol. The van der Waals surface area contributed by atoms with Crippen LogP contribution in [0.25, 0.3) is 22.2 Å². The molecule has 1 aromatic heterocycles. The van der Waals surface area contributed by atoms with Crippen LogP contribution in [-0.4, -0.2) is 17.5 Å². The molecule has 0 fully saturated rings. The number of hydrogen-bond acceptors (Lipinski definition) is 3. The van der Waals surface area contributed by atoms with Gasteiger partial charge in [0, 0.05) is 16.6 Å². The summed E-state index contributed by atoms with van der Waals surface area (Å²) in [5.41, 5.74) is 6.19. The lowest BCUT2D eigenvalue weighted by atomic mass is 10.0. The Kier molecular flexibility index (Phi) is 5.48. The first-order valence-electron chi connectivity index (χ1n) is 10.1. The fourth-order valence-electron chi connectivity index (χ4n) is 3.42. The second-order valence-corrected chi connectivity index (χ2v) is 7.28. The molecule has 0 aliphatic carbocycles. The lowest BCUT2D eigenvalue weighted by Gasteiger charge is -2.12. The molecule has 4 nitrogen and oxygen atoms in total. The molecule has 4 aromatic rings. The van der Waals surface area contributed by atoms with Crippen LogP contribution in [-0.2, 0) is 0 Å². The number of pyridine rings is 1. The Hall–Kier alpha value is -3.66. The Balaban J connectivity index is 1.74. The van der Waals surface area contributed by atoms with Gasteiger partial charge in [-0.3, -0.25) is 4.79 Å². The van der Waals surface area contributed by atoms with Crippen molar-refractivity contribution in [2.75, 3.05) is 11.9 Å². The van der Waals surface area contributed by atoms with Gasteiger partial charge in [-0.05, 0) is 80.4 Å². The van der Waals surface area contributed by atoms with Gasteiger partial charge in [-0.15, -0.1) is 0 Å².